The molecule has 0 radical (unpaired) electrons. The Morgan fingerprint density at radius 3 is 2.69 bits per heavy atom. The number of rotatable bonds is 2. The Bertz CT molecular complexity index is 281. The van der Waals surface area contributed by atoms with E-state index in [0.717, 1.165) is 32.2 Å². The van der Waals surface area contributed by atoms with Crippen LogP contribution in [0.5, 0.6) is 0 Å². The molecule has 2 aliphatic rings. The highest BCUT2D eigenvalue weighted by Crippen LogP contribution is 2.33. The molecule has 0 aromatic heterocycles. The number of nitrogens with two attached hydrogens (primary N) is 2. The van der Waals surface area contributed by atoms with Gasteiger partial charge in [0.15, 0.2) is 0 Å². The molecule has 0 aromatic carbocycles. The standard InChI is InChI=1S/C12H23N3O/c1-9-4-3-7-15(9)10-5-2-6-12(14,8-10)11(13)16/h9-10H,2-8,14H2,1H3,(H2,13,16). The van der Waals surface area contributed by atoms with E-state index in [9.17, 15) is 4.79 Å². The molecular formula is C12H23N3O. The monoisotopic (exact) mass is 225 g/mol. The van der Waals surface area contributed by atoms with Crippen LogP contribution in [0, 0.1) is 0 Å². The number of carbonyl (C=O) groups is 1. The van der Waals surface area contributed by atoms with E-state index in [1.54, 1.807) is 0 Å². The first-order valence-electron chi connectivity index (χ1n) is 6.37. The van der Waals surface area contributed by atoms with Crippen molar-refractivity contribution in [3.8, 4) is 0 Å². The Hall–Kier alpha value is -0.610. The van der Waals surface area contributed by atoms with Gasteiger partial charge >= 0.3 is 0 Å². The van der Waals surface area contributed by atoms with E-state index < -0.39 is 5.54 Å². The van der Waals surface area contributed by atoms with Crippen LogP contribution < -0.4 is 11.5 Å². The van der Waals surface area contributed by atoms with E-state index in [0.29, 0.717) is 12.1 Å². The zero-order valence-electron chi connectivity index (χ0n) is 10.1. The number of primary amides is 1. The minimum absolute atomic E-state index is 0.330. The van der Waals surface area contributed by atoms with Crippen LogP contribution in [-0.4, -0.2) is 35.0 Å². The van der Waals surface area contributed by atoms with E-state index >= 15 is 0 Å². The molecule has 1 saturated heterocycles. The van der Waals surface area contributed by atoms with Crippen molar-refractivity contribution in [1.82, 2.24) is 4.90 Å². The summed E-state index contributed by atoms with van der Waals surface area (Å²) in [5.74, 6) is -0.330. The molecule has 4 nitrogen and oxygen atoms in total. The van der Waals surface area contributed by atoms with Crippen LogP contribution in [0.15, 0.2) is 0 Å². The highest BCUT2D eigenvalue weighted by Gasteiger charge is 2.41. The molecule has 1 amide bonds. The summed E-state index contributed by atoms with van der Waals surface area (Å²) in [5, 5.41) is 0. The van der Waals surface area contributed by atoms with Crippen LogP contribution >= 0.6 is 0 Å². The van der Waals surface area contributed by atoms with Crippen molar-refractivity contribution in [1.29, 1.82) is 0 Å². The van der Waals surface area contributed by atoms with Gasteiger partial charge in [-0.15, -0.1) is 0 Å². The highest BCUT2D eigenvalue weighted by atomic mass is 16.1. The molecule has 1 aliphatic carbocycles. The fourth-order valence-corrected chi connectivity index (χ4v) is 3.28. The third kappa shape index (κ3) is 2.09. The van der Waals surface area contributed by atoms with Crippen LogP contribution in [0.3, 0.4) is 0 Å². The van der Waals surface area contributed by atoms with Crippen molar-refractivity contribution in [2.75, 3.05) is 6.54 Å². The molecular weight excluding hydrogens is 202 g/mol. The first kappa shape index (κ1) is 11.9. The molecule has 1 heterocycles. The molecule has 4 N–H and O–H groups in total. The molecule has 2 fully saturated rings. The number of amides is 1. The van der Waals surface area contributed by atoms with Crippen molar-refractivity contribution in [3.05, 3.63) is 0 Å². The van der Waals surface area contributed by atoms with Gasteiger partial charge in [-0.1, -0.05) is 0 Å². The Kier molecular flexibility index (Phi) is 3.22. The molecule has 4 heteroatoms. The summed E-state index contributed by atoms with van der Waals surface area (Å²) >= 11 is 0. The number of hydrogen-bond acceptors (Lipinski definition) is 3. The molecule has 0 spiro atoms. The molecule has 2 rings (SSSR count). The lowest BCUT2D eigenvalue weighted by atomic mass is 9.78. The largest absolute Gasteiger partial charge is 0.368 e. The normalized spacial score (nSPS) is 41.1. The molecule has 3 unspecified atom stereocenters. The Balaban J connectivity index is 2.04. The number of likely N-dealkylation sites (tertiary alicyclic amines) is 1. The van der Waals surface area contributed by atoms with Crippen LogP contribution in [-0.2, 0) is 4.79 Å². The topological polar surface area (TPSA) is 72.3 Å². The van der Waals surface area contributed by atoms with Gasteiger partial charge in [-0.25, -0.2) is 0 Å². The maximum absolute atomic E-state index is 11.4. The van der Waals surface area contributed by atoms with Gasteiger partial charge in [-0.05, 0) is 52.0 Å². The van der Waals surface area contributed by atoms with Crippen LogP contribution in [0.4, 0.5) is 0 Å². The molecule has 92 valence electrons. The maximum Gasteiger partial charge on any atom is 0.237 e. The lowest BCUT2D eigenvalue weighted by molar-refractivity contribution is -0.125. The van der Waals surface area contributed by atoms with E-state index in [-0.39, 0.29) is 5.91 Å². The fourth-order valence-electron chi connectivity index (χ4n) is 3.28. The Morgan fingerprint density at radius 2 is 2.12 bits per heavy atom. The molecule has 0 bridgehead atoms. The maximum atomic E-state index is 11.4. The third-order valence-corrected chi connectivity index (χ3v) is 4.32. The number of hydrogen-bond donors (Lipinski definition) is 2. The van der Waals surface area contributed by atoms with Crippen LogP contribution in [0.2, 0.25) is 0 Å². The van der Waals surface area contributed by atoms with Gasteiger partial charge in [0.25, 0.3) is 0 Å². The van der Waals surface area contributed by atoms with Gasteiger partial charge in [0.05, 0.1) is 5.54 Å². The van der Waals surface area contributed by atoms with Crippen molar-refractivity contribution < 1.29 is 4.79 Å². The second-order valence-corrected chi connectivity index (χ2v) is 5.50. The zero-order chi connectivity index (χ0) is 11.8. The summed E-state index contributed by atoms with van der Waals surface area (Å²) in [5.41, 5.74) is 10.8. The lowest BCUT2D eigenvalue weighted by Gasteiger charge is -2.41. The van der Waals surface area contributed by atoms with Gasteiger partial charge in [0.1, 0.15) is 0 Å². The van der Waals surface area contributed by atoms with Crippen molar-refractivity contribution in [2.24, 2.45) is 11.5 Å². The lowest BCUT2D eigenvalue weighted by Crippen LogP contribution is -2.58. The average Bonchev–Trinajstić information content (AvgIpc) is 2.64. The fraction of sp³-hybridized carbons (Fsp3) is 0.917. The summed E-state index contributed by atoms with van der Waals surface area (Å²) < 4.78 is 0. The first-order valence-corrected chi connectivity index (χ1v) is 6.37. The van der Waals surface area contributed by atoms with E-state index in [1.165, 1.54) is 12.8 Å². The van der Waals surface area contributed by atoms with E-state index in [2.05, 4.69) is 11.8 Å². The van der Waals surface area contributed by atoms with Gasteiger partial charge in [-0.2, -0.15) is 0 Å². The van der Waals surface area contributed by atoms with Crippen LogP contribution in [0.1, 0.15) is 45.4 Å². The van der Waals surface area contributed by atoms with Crippen molar-refractivity contribution in [2.45, 2.75) is 63.1 Å². The van der Waals surface area contributed by atoms with Gasteiger partial charge in [-0.3, -0.25) is 9.69 Å². The van der Waals surface area contributed by atoms with E-state index in [4.69, 9.17) is 11.5 Å². The Morgan fingerprint density at radius 1 is 1.38 bits per heavy atom. The van der Waals surface area contributed by atoms with Crippen LogP contribution in [0.25, 0.3) is 0 Å². The summed E-state index contributed by atoms with van der Waals surface area (Å²) in [4.78, 5) is 13.9. The molecule has 1 aliphatic heterocycles. The second kappa shape index (κ2) is 4.34. The smallest absolute Gasteiger partial charge is 0.237 e. The predicted octanol–water partition coefficient (Wildman–Crippen LogP) is 0.596. The van der Waals surface area contributed by atoms with Gasteiger partial charge in [0, 0.05) is 12.1 Å². The Labute approximate surface area is 97.3 Å². The first-order chi connectivity index (χ1) is 7.53. The number of carbonyl (C=O) groups excluding carboxylic acids is 1. The average molecular weight is 225 g/mol. The predicted molar refractivity (Wildman–Crippen MR) is 63.8 cm³/mol. The minimum atomic E-state index is -0.759. The van der Waals surface area contributed by atoms with Gasteiger partial charge < -0.3 is 11.5 Å². The van der Waals surface area contributed by atoms with Crippen molar-refractivity contribution >= 4 is 5.91 Å². The molecule has 16 heavy (non-hydrogen) atoms. The minimum Gasteiger partial charge on any atom is -0.368 e. The summed E-state index contributed by atoms with van der Waals surface area (Å²) in [6.07, 6.45) is 6.22. The second-order valence-electron chi connectivity index (χ2n) is 5.50. The third-order valence-electron chi connectivity index (χ3n) is 4.32. The highest BCUT2D eigenvalue weighted by molar-refractivity contribution is 5.84. The van der Waals surface area contributed by atoms with Crippen molar-refractivity contribution in [3.63, 3.8) is 0 Å². The zero-order valence-corrected chi connectivity index (χ0v) is 10.1. The molecule has 0 aromatic rings. The molecule has 1 saturated carbocycles. The van der Waals surface area contributed by atoms with Gasteiger partial charge in [0.2, 0.25) is 5.91 Å². The summed E-state index contributed by atoms with van der Waals surface area (Å²) in [6.45, 7) is 3.42. The number of nitrogens with zero attached hydrogens (tertiary/aromatic N) is 1. The van der Waals surface area contributed by atoms with E-state index in [1.807, 2.05) is 0 Å². The molecule has 3 atom stereocenters. The summed E-state index contributed by atoms with van der Waals surface area (Å²) in [7, 11) is 0. The SMILES string of the molecule is CC1CCCN1C1CCCC(N)(C(N)=O)C1. The summed E-state index contributed by atoms with van der Waals surface area (Å²) in [6, 6.07) is 1.10. The quantitative estimate of drug-likeness (QED) is 0.722.